The van der Waals surface area contributed by atoms with Crippen LogP contribution in [0, 0.1) is 0 Å². The van der Waals surface area contributed by atoms with E-state index in [4.69, 9.17) is 16.8 Å². The molecule has 0 aromatic heterocycles. The summed E-state index contributed by atoms with van der Waals surface area (Å²) in [4.78, 5) is 0. The van der Waals surface area contributed by atoms with Gasteiger partial charge in [0.15, 0.2) is 0 Å². The number of hydrogen-bond acceptors (Lipinski definition) is 2. The normalized spacial score (nSPS) is 36.7. The van der Waals surface area contributed by atoms with Gasteiger partial charge < -0.3 is 5.21 Å². The van der Waals surface area contributed by atoms with Crippen molar-refractivity contribution in [1.29, 1.82) is 0 Å². The molecular formula is C6H12ClNO. The van der Waals surface area contributed by atoms with Gasteiger partial charge >= 0.3 is 0 Å². The van der Waals surface area contributed by atoms with Crippen molar-refractivity contribution in [2.24, 2.45) is 0 Å². The van der Waals surface area contributed by atoms with E-state index in [-0.39, 0.29) is 11.4 Å². The highest BCUT2D eigenvalue weighted by Gasteiger charge is 2.18. The van der Waals surface area contributed by atoms with E-state index >= 15 is 0 Å². The first-order valence-electron chi connectivity index (χ1n) is 3.36. The summed E-state index contributed by atoms with van der Waals surface area (Å²) in [6.07, 6.45) is 4.18. The Balaban J connectivity index is 2.23. The van der Waals surface area contributed by atoms with E-state index in [1.165, 1.54) is 0 Å². The van der Waals surface area contributed by atoms with Gasteiger partial charge in [-0.15, -0.1) is 11.6 Å². The molecule has 0 spiro atoms. The van der Waals surface area contributed by atoms with Gasteiger partial charge in [-0.3, -0.25) is 0 Å². The first-order valence-corrected chi connectivity index (χ1v) is 3.80. The lowest BCUT2D eigenvalue weighted by molar-refractivity contribution is 0.108. The minimum absolute atomic E-state index is 0.237. The molecule has 0 saturated heterocycles. The van der Waals surface area contributed by atoms with Gasteiger partial charge in [0.1, 0.15) is 0 Å². The zero-order chi connectivity index (χ0) is 6.69. The van der Waals surface area contributed by atoms with Gasteiger partial charge in [0.05, 0.1) is 0 Å². The Morgan fingerprint density at radius 2 is 2.22 bits per heavy atom. The van der Waals surface area contributed by atoms with Crippen LogP contribution in [0.2, 0.25) is 0 Å². The van der Waals surface area contributed by atoms with E-state index < -0.39 is 0 Å². The molecule has 1 aliphatic rings. The zero-order valence-corrected chi connectivity index (χ0v) is 6.06. The number of nitrogens with one attached hydrogen (secondary N) is 1. The van der Waals surface area contributed by atoms with Crippen LogP contribution < -0.4 is 5.48 Å². The van der Waals surface area contributed by atoms with Crippen LogP contribution >= 0.6 is 11.6 Å². The molecule has 0 heterocycles. The van der Waals surface area contributed by atoms with Crippen LogP contribution in [-0.2, 0) is 0 Å². The minimum atomic E-state index is 0.237. The van der Waals surface area contributed by atoms with Crippen LogP contribution in [0.1, 0.15) is 25.7 Å². The Kier molecular flexibility index (Phi) is 2.76. The number of hydrogen-bond donors (Lipinski definition) is 2. The van der Waals surface area contributed by atoms with E-state index in [0.717, 1.165) is 25.7 Å². The molecule has 54 valence electrons. The fraction of sp³-hybridized carbons (Fsp3) is 1.00. The molecule has 0 aromatic carbocycles. The van der Waals surface area contributed by atoms with Crippen molar-refractivity contribution >= 4 is 11.6 Å². The zero-order valence-electron chi connectivity index (χ0n) is 5.31. The van der Waals surface area contributed by atoms with Crippen LogP contribution in [0.3, 0.4) is 0 Å². The highest BCUT2D eigenvalue weighted by Crippen LogP contribution is 2.22. The molecule has 1 aliphatic carbocycles. The molecule has 2 N–H and O–H groups in total. The van der Waals surface area contributed by atoms with Crippen molar-refractivity contribution in [1.82, 2.24) is 5.48 Å². The lowest BCUT2D eigenvalue weighted by Crippen LogP contribution is -2.31. The predicted molar refractivity (Wildman–Crippen MR) is 36.8 cm³/mol. The van der Waals surface area contributed by atoms with Crippen molar-refractivity contribution < 1.29 is 5.21 Å². The standard InChI is InChI=1S/C6H12ClNO/c7-5-2-1-3-6(4-5)8-9/h5-6,8-9H,1-4H2. The van der Waals surface area contributed by atoms with E-state index in [1.54, 1.807) is 0 Å². The van der Waals surface area contributed by atoms with Crippen LogP contribution in [0.5, 0.6) is 0 Å². The number of alkyl halides is 1. The summed E-state index contributed by atoms with van der Waals surface area (Å²) in [5, 5.41) is 8.77. The van der Waals surface area contributed by atoms with E-state index in [9.17, 15) is 0 Å². The molecule has 0 bridgehead atoms. The Bertz CT molecular complexity index is 89.1. The largest absolute Gasteiger partial charge is 0.317 e. The lowest BCUT2D eigenvalue weighted by Gasteiger charge is -2.23. The van der Waals surface area contributed by atoms with E-state index in [1.807, 2.05) is 0 Å². The fourth-order valence-corrected chi connectivity index (χ4v) is 1.62. The molecule has 2 nitrogen and oxygen atoms in total. The topological polar surface area (TPSA) is 32.3 Å². The summed E-state index contributed by atoms with van der Waals surface area (Å²) in [6, 6.07) is 0.237. The van der Waals surface area contributed by atoms with Gasteiger partial charge in [-0.25, -0.2) is 5.48 Å². The van der Waals surface area contributed by atoms with Gasteiger partial charge in [0.2, 0.25) is 0 Å². The van der Waals surface area contributed by atoms with Gasteiger partial charge in [0, 0.05) is 11.4 Å². The molecule has 0 radical (unpaired) electrons. The second-order valence-corrected chi connectivity index (χ2v) is 3.21. The van der Waals surface area contributed by atoms with Crippen molar-refractivity contribution in [3.63, 3.8) is 0 Å². The Morgan fingerprint density at radius 1 is 1.44 bits per heavy atom. The second kappa shape index (κ2) is 3.40. The molecule has 0 amide bonds. The van der Waals surface area contributed by atoms with Gasteiger partial charge in [-0.2, -0.15) is 0 Å². The highest BCUT2D eigenvalue weighted by atomic mass is 35.5. The van der Waals surface area contributed by atoms with E-state index in [2.05, 4.69) is 5.48 Å². The molecule has 9 heavy (non-hydrogen) atoms. The van der Waals surface area contributed by atoms with Gasteiger partial charge in [0.25, 0.3) is 0 Å². The van der Waals surface area contributed by atoms with Crippen molar-refractivity contribution in [2.75, 3.05) is 0 Å². The molecular weight excluding hydrogens is 138 g/mol. The first kappa shape index (κ1) is 7.32. The Hall–Kier alpha value is 0.210. The van der Waals surface area contributed by atoms with Crippen LogP contribution in [-0.4, -0.2) is 16.6 Å². The number of rotatable bonds is 1. The third-order valence-corrected chi connectivity index (χ3v) is 2.19. The summed E-state index contributed by atoms with van der Waals surface area (Å²) in [6.45, 7) is 0. The summed E-state index contributed by atoms with van der Waals surface area (Å²) < 4.78 is 0. The van der Waals surface area contributed by atoms with Gasteiger partial charge in [-0.05, 0) is 19.3 Å². The van der Waals surface area contributed by atoms with Gasteiger partial charge in [-0.1, -0.05) is 6.42 Å². The van der Waals surface area contributed by atoms with Crippen molar-refractivity contribution in [2.45, 2.75) is 37.1 Å². The average Bonchev–Trinajstić information content (AvgIpc) is 1.88. The smallest absolute Gasteiger partial charge is 0.0351 e. The van der Waals surface area contributed by atoms with Crippen molar-refractivity contribution in [3.8, 4) is 0 Å². The lowest BCUT2D eigenvalue weighted by atomic mass is 9.96. The molecule has 1 rings (SSSR count). The molecule has 1 saturated carbocycles. The van der Waals surface area contributed by atoms with E-state index in [0.29, 0.717) is 0 Å². The monoisotopic (exact) mass is 149 g/mol. The summed E-state index contributed by atoms with van der Waals surface area (Å²) in [5.74, 6) is 0. The Morgan fingerprint density at radius 3 is 2.67 bits per heavy atom. The second-order valence-electron chi connectivity index (χ2n) is 2.59. The summed E-state index contributed by atoms with van der Waals surface area (Å²) in [7, 11) is 0. The summed E-state index contributed by atoms with van der Waals surface area (Å²) in [5.41, 5.74) is 2.25. The van der Waals surface area contributed by atoms with Crippen LogP contribution in [0.25, 0.3) is 0 Å². The average molecular weight is 150 g/mol. The Labute approximate surface area is 60.2 Å². The van der Waals surface area contributed by atoms with Crippen molar-refractivity contribution in [3.05, 3.63) is 0 Å². The predicted octanol–water partition coefficient (Wildman–Crippen LogP) is 1.52. The quantitative estimate of drug-likeness (QED) is 0.438. The number of hydroxylamine groups is 1. The minimum Gasteiger partial charge on any atom is -0.317 e. The maximum absolute atomic E-state index is 8.50. The van der Waals surface area contributed by atoms with Crippen LogP contribution in [0.15, 0.2) is 0 Å². The molecule has 0 aromatic rings. The molecule has 3 heteroatoms. The fourth-order valence-electron chi connectivity index (χ4n) is 1.25. The molecule has 2 atom stereocenters. The maximum Gasteiger partial charge on any atom is 0.0351 e. The SMILES string of the molecule is ONC1CCCC(Cl)C1. The third-order valence-electron chi connectivity index (χ3n) is 1.79. The molecule has 1 fully saturated rings. The third kappa shape index (κ3) is 2.12. The molecule has 0 aliphatic heterocycles. The number of halogens is 1. The first-order chi connectivity index (χ1) is 4.33. The highest BCUT2D eigenvalue weighted by molar-refractivity contribution is 6.20. The maximum atomic E-state index is 8.50. The summed E-state index contributed by atoms with van der Waals surface area (Å²) >= 11 is 5.84. The molecule has 2 unspecified atom stereocenters. The van der Waals surface area contributed by atoms with Crippen LogP contribution in [0.4, 0.5) is 0 Å².